The minimum absolute atomic E-state index is 0.0705. The van der Waals surface area contributed by atoms with E-state index in [4.69, 9.17) is 22.2 Å². The molecule has 17 heteroatoms. The standard InChI is InChI=1S/C57H63N15O2/c58-49-17-11-36(10-12-38-29-40(19-21-63-38)72-43-15-16-44(72)33-69(32-43)52-30-50(64-66-56(52)59)46-6-1-2-9-54(46)73)27-48(49)45-7-3-8-47(55(45)74)51-31-53(57(60)67-65-51)70-34-41-13-14-42(35-70)71(41)39-18-20-62-37(28-39)5-4-24-68-25-22-61-23-26-68/h1-3,6-9,18-21,28-31,36,41-44,48-49,61,73-74H,11,13-17,22-27,32-35,58H2,(H2,59,66)(H2,60,67)/t36-,41?,42?,43?,44?,48?,49-/m1/s1. The fourth-order valence-corrected chi connectivity index (χ4v) is 12.6. The Morgan fingerprint density at radius 3 is 1.80 bits per heavy atom. The van der Waals surface area contributed by atoms with E-state index in [0.717, 1.165) is 137 Å². The zero-order valence-electron chi connectivity index (χ0n) is 41.6. The lowest BCUT2D eigenvalue weighted by molar-refractivity contribution is 0.268. The molecule has 9 N–H and O–H groups in total. The predicted octanol–water partition coefficient (Wildman–Crippen LogP) is 5.20. The molecule has 4 aromatic heterocycles. The van der Waals surface area contributed by atoms with Crippen LogP contribution < -0.4 is 42.1 Å². The highest BCUT2D eigenvalue weighted by Crippen LogP contribution is 2.45. The number of nitrogens with two attached hydrogens (primary N) is 3. The number of benzene rings is 2. The Kier molecular flexibility index (Phi) is 13.0. The van der Waals surface area contributed by atoms with Crippen molar-refractivity contribution in [3.05, 3.63) is 108 Å². The quantitative estimate of drug-likeness (QED) is 0.108. The van der Waals surface area contributed by atoms with Gasteiger partial charge in [-0.1, -0.05) is 36.1 Å². The summed E-state index contributed by atoms with van der Waals surface area (Å²) in [5.74, 6) is 14.7. The average Bonchev–Trinajstić information content (AvgIpc) is 3.85. The summed E-state index contributed by atoms with van der Waals surface area (Å²) in [7, 11) is 0. The van der Waals surface area contributed by atoms with E-state index in [1.54, 1.807) is 12.1 Å². The van der Waals surface area contributed by atoms with Crippen LogP contribution >= 0.6 is 0 Å². The highest BCUT2D eigenvalue weighted by molar-refractivity contribution is 5.77. The molecule has 12 rings (SSSR count). The van der Waals surface area contributed by atoms with Gasteiger partial charge in [0.25, 0.3) is 0 Å². The van der Waals surface area contributed by atoms with Crippen LogP contribution in [0.2, 0.25) is 0 Å². The fraction of sp³-hybridized carbons (Fsp3) is 0.404. The van der Waals surface area contributed by atoms with Gasteiger partial charge in [0.2, 0.25) is 0 Å². The number of aromatic hydroxyl groups is 2. The van der Waals surface area contributed by atoms with Gasteiger partial charge in [-0.25, -0.2) is 9.97 Å². The van der Waals surface area contributed by atoms with Crippen molar-refractivity contribution in [3.8, 4) is 57.7 Å². The molecule has 74 heavy (non-hydrogen) atoms. The molecule has 7 atom stereocenters. The van der Waals surface area contributed by atoms with Crippen molar-refractivity contribution < 1.29 is 10.2 Å². The molecule has 6 aromatic rings. The largest absolute Gasteiger partial charge is 0.507 e. The SMILES string of the molecule is Nc1nnc(-c2ccccc2O)cc1N1CC2CCC(C1)N2c1ccnc(C#C[C@@H]2CC[C@@H](N)C(c3cccc(-c4cc(N5CC6CCC(C5)N6c5ccnc(C#CCN6CCNCC6)c5)c(N)nn4)c3O)C2)c1. The summed E-state index contributed by atoms with van der Waals surface area (Å²) in [5, 5.41) is 43.6. The second kappa shape index (κ2) is 20.3. The van der Waals surface area contributed by atoms with Crippen LogP contribution in [0.15, 0.2) is 91.3 Å². The van der Waals surface area contributed by atoms with Gasteiger partial charge in [0.1, 0.15) is 22.9 Å². The fourth-order valence-electron chi connectivity index (χ4n) is 12.6. The minimum Gasteiger partial charge on any atom is -0.507 e. The smallest absolute Gasteiger partial charge is 0.169 e. The number of hydrogen-bond acceptors (Lipinski definition) is 17. The van der Waals surface area contributed by atoms with Crippen molar-refractivity contribution in [2.75, 3.05) is 90.0 Å². The lowest BCUT2D eigenvalue weighted by Gasteiger charge is -2.43. The van der Waals surface area contributed by atoms with Crippen molar-refractivity contribution >= 4 is 34.4 Å². The topological polar surface area (TPSA) is 224 Å². The molecule has 6 fully saturated rings. The Balaban J connectivity index is 0.712. The summed E-state index contributed by atoms with van der Waals surface area (Å²) < 4.78 is 0. The molecule has 0 radical (unpaired) electrons. The van der Waals surface area contributed by atoms with Gasteiger partial charge in [-0.05, 0) is 117 Å². The molecule has 0 spiro atoms. The van der Waals surface area contributed by atoms with Crippen LogP contribution in [0.3, 0.4) is 0 Å². The van der Waals surface area contributed by atoms with E-state index < -0.39 is 0 Å². The summed E-state index contributed by atoms with van der Waals surface area (Å²) in [4.78, 5) is 21.4. The number of fused-ring (bicyclic) bond motifs is 4. The van der Waals surface area contributed by atoms with Crippen molar-refractivity contribution in [1.82, 2.24) is 40.6 Å². The number of piperazine rings is 3. The van der Waals surface area contributed by atoms with Gasteiger partial charge in [0, 0.05) is 129 Å². The van der Waals surface area contributed by atoms with Crippen molar-refractivity contribution in [2.45, 2.75) is 81.1 Å². The molecule has 6 aliphatic rings. The number of phenolic OH excluding ortho intramolecular Hbond substituents is 2. The number of hydrogen-bond donors (Lipinski definition) is 6. The van der Waals surface area contributed by atoms with Crippen LogP contribution in [0.25, 0.3) is 22.5 Å². The third kappa shape index (κ3) is 9.43. The number of phenols is 2. The van der Waals surface area contributed by atoms with E-state index in [1.807, 2.05) is 54.9 Å². The van der Waals surface area contributed by atoms with Crippen LogP contribution in [-0.4, -0.2) is 135 Å². The molecule has 1 aliphatic carbocycles. The van der Waals surface area contributed by atoms with Gasteiger partial charge in [-0.3, -0.25) is 4.90 Å². The van der Waals surface area contributed by atoms with Crippen molar-refractivity contribution in [1.29, 1.82) is 0 Å². The number of nitrogen functional groups attached to an aromatic ring is 2. The lowest BCUT2D eigenvalue weighted by atomic mass is 9.74. The van der Waals surface area contributed by atoms with Crippen molar-refractivity contribution in [3.63, 3.8) is 0 Å². The molecule has 5 aliphatic heterocycles. The molecule has 2 aromatic carbocycles. The molecule has 0 amide bonds. The second-order valence-corrected chi connectivity index (χ2v) is 20.8. The van der Waals surface area contributed by atoms with E-state index in [2.05, 4.69) is 103 Å². The maximum atomic E-state index is 12.1. The molecule has 5 saturated heterocycles. The number of aromatic nitrogens is 6. The Bertz CT molecular complexity index is 3150. The summed E-state index contributed by atoms with van der Waals surface area (Å²) in [6.07, 6.45) is 10.4. The molecule has 1 saturated carbocycles. The first-order valence-electron chi connectivity index (χ1n) is 26.3. The van der Waals surface area contributed by atoms with E-state index in [1.165, 1.54) is 0 Å². The highest BCUT2D eigenvalue weighted by Gasteiger charge is 2.42. The number of pyridine rings is 2. The normalized spacial score (nSPS) is 24.5. The molecule has 17 nitrogen and oxygen atoms in total. The molecule has 378 valence electrons. The van der Waals surface area contributed by atoms with Gasteiger partial charge < -0.3 is 52.3 Å². The Hall–Kier alpha value is -7.70. The first-order chi connectivity index (χ1) is 36.2. The Labute approximate surface area is 432 Å². The second-order valence-electron chi connectivity index (χ2n) is 20.8. The number of para-hydroxylation sites is 2. The first kappa shape index (κ1) is 47.3. The lowest BCUT2D eigenvalue weighted by Crippen LogP contribution is -2.54. The van der Waals surface area contributed by atoms with Crippen molar-refractivity contribution in [2.24, 2.45) is 11.7 Å². The van der Waals surface area contributed by atoms with E-state index in [-0.39, 0.29) is 53.5 Å². The van der Waals surface area contributed by atoms with Gasteiger partial charge >= 0.3 is 0 Å². The number of nitrogens with zero attached hydrogens (tertiary/aromatic N) is 11. The number of rotatable bonds is 8. The van der Waals surface area contributed by atoms with Crippen LogP contribution in [0.5, 0.6) is 11.5 Å². The molecule has 5 unspecified atom stereocenters. The van der Waals surface area contributed by atoms with Gasteiger partial charge in [-0.15, -0.1) is 20.4 Å². The van der Waals surface area contributed by atoms with Gasteiger partial charge in [0.05, 0.1) is 29.3 Å². The maximum absolute atomic E-state index is 12.1. The van der Waals surface area contributed by atoms with Gasteiger partial charge in [-0.2, -0.15) is 0 Å². The molecular formula is C57H63N15O2. The van der Waals surface area contributed by atoms with E-state index in [9.17, 15) is 10.2 Å². The van der Waals surface area contributed by atoms with Crippen LogP contribution in [0, 0.1) is 29.6 Å². The number of anilines is 6. The Morgan fingerprint density at radius 2 is 1.19 bits per heavy atom. The third-order valence-electron chi connectivity index (χ3n) is 16.3. The van der Waals surface area contributed by atoms with E-state index in [0.29, 0.717) is 40.6 Å². The molecule has 9 heterocycles. The van der Waals surface area contributed by atoms with Crippen LogP contribution in [0.1, 0.15) is 67.8 Å². The number of nitrogens with one attached hydrogen (secondary N) is 1. The average molecular weight is 990 g/mol. The van der Waals surface area contributed by atoms with Crippen LogP contribution in [-0.2, 0) is 0 Å². The summed E-state index contributed by atoms with van der Waals surface area (Å²) >= 11 is 0. The maximum Gasteiger partial charge on any atom is 0.169 e. The zero-order chi connectivity index (χ0) is 50.3. The zero-order valence-corrected chi connectivity index (χ0v) is 41.6. The summed E-state index contributed by atoms with van der Waals surface area (Å²) in [6, 6.07) is 26.3. The first-order valence-corrected chi connectivity index (χ1v) is 26.3. The third-order valence-corrected chi connectivity index (χ3v) is 16.3. The van der Waals surface area contributed by atoms with E-state index >= 15 is 0 Å². The monoisotopic (exact) mass is 990 g/mol. The predicted molar refractivity (Wildman–Crippen MR) is 290 cm³/mol. The molecule has 4 bridgehead atoms. The Morgan fingerprint density at radius 1 is 0.622 bits per heavy atom. The van der Waals surface area contributed by atoms with Crippen LogP contribution in [0.4, 0.5) is 34.4 Å². The highest BCUT2D eigenvalue weighted by atomic mass is 16.3. The molecular weight excluding hydrogens is 927 g/mol. The van der Waals surface area contributed by atoms with Gasteiger partial charge in [0.15, 0.2) is 11.6 Å². The summed E-state index contributed by atoms with van der Waals surface area (Å²) in [5.41, 5.74) is 28.6. The summed E-state index contributed by atoms with van der Waals surface area (Å²) in [6.45, 7) is 7.93. The minimum atomic E-state index is -0.138.